The number of nitrogens with one attached hydrogen (secondary N) is 1. The quantitative estimate of drug-likeness (QED) is 0.522. The summed E-state index contributed by atoms with van der Waals surface area (Å²) in [6.45, 7) is -3.01. The zero-order valence-corrected chi connectivity index (χ0v) is 11.0. The molecule has 2 rings (SSSR count). The Morgan fingerprint density at radius 1 is 1.29 bits per heavy atom. The molecule has 0 unspecified atom stereocenters. The molecule has 10 heteroatoms. The van der Waals surface area contributed by atoms with E-state index in [-0.39, 0.29) is 16.1 Å². The molecule has 0 fully saturated rings. The van der Waals surface area contributed by atoms with Crippen molar-refractivity contribution < 1.29 is 22.3 Å². The molecule has 0 spiro atoms. The normalized spacial score (nSPS) is 11.7. The lowest BCUT2D eigenvalue weighted by Crippen LogP contribution is -2.05. The van der Waals surface area contributed by atoms with Crippen molar-refractivity contribution in [2.24, 2.45) is 5.10 Å². The van der Waals surface area contributed by atoms with Gasteiger partial charge in [-0.2, -0.15) is 23.7 Å². The summed E-state index contributed by atoms with van der Waals surface area (Å²) < 4.78 is 54.7. The minimum atomic E-state index is -3.01. The molecule has 5 nitrogen and oxygen atoms in total. The average Bonchev–Trinajstić information content (AvgIpc) is 2.78. The number of ether oxygens (including phenoxy) is 1. The third kappa shape index (κ3) is 3.66. The summed E-state index contributed by atoms with van der Waals surface area (Å²) in [7, 11) is 0. The van der Waals surface area contributed by atoms with Gasteiger partial charge in [0.05, 0.1) is 6.21 Å². The third-order valence-corrected chi connectivity index (χ3v) is 2.58. The van der Waals surface area contributed by atoms with Gasteiger partial charge in [0.15, 0.2) is 0 Å². The van der Waals surface area contributed by atoms with E-state index in [1.54, 1.807) is 6.07 Å². The van der Waals surface area contributed by atoms with Gasteiger partial charge in [0.1, 0.15) is 5.75 Å². The zero-order valence-electron chi connectivity index (χ0n) is 10.2. The maximum Gasteiger partial charge on any atom is 0.387 e. The molecule has 0 atom stereocenters. The van der Waals surface area contributed by atoms with E-state index in [2.05, 4.69) is 20.0 Å². The molecule has 0 saturated heterocycles. The van der Waals surface area contributed by atoms with Crippen LogP contribution in [0.4, 0.5) is 17.6 Å². The van der Waals surface area contributed by atoms with Crippen molar-refractivity contribution >= 4 is 18.4 Å². The van der Waals surface area contributed by atoms with E-state index in [1.807, 2.05) is 0 Å². The molecular weight excluding hydrogens is 312 g/mol. The van der Waals surface area contributed by atoms with Gasteiger partial charge >= 0.3 is 6.61 Å². The van der Waals surface area contributed by atoms with Crippen LogP contribution in [0.3, 0.4) is 0 Å². The minimum absolute atomic E-state index is 0.134. The lowest BCUT2D eigenvalue weighted by atomic mass is 10.2. The Kier molecular flexibility index (Phi) is 4.68. The number of halogens is 4. The summed E-state index contributed by atoms with van der Waals surface area (Å²) in [6, 6.07) is 5.79. The molecule has 0 aliphatic rings. The van der Waals surface area contributed by atoms with Gasteiger partial charge < -0.3 is 4.74 Å². The van der Waals surface area contributed by atoms with Crippen LogP contribution < -0.4 is 4.74 Å². The predicted octanol–water partition coefficient (Wildman–Crippen LogP) is 3.36. The maximum absolute atomic E-state index is 12.7. The van der Waals surface area contributed by atoms with E-state index in [0.717, 1.165) is 6.21 Å². The second-order valence-corrected chi connectivity index (χ2v) is 4.05. The fourth-order valence-corrected chi connectivity index (χ4v) is 1.65. The maximum atomic E-state index is 12.7. The third-order valence-electron chi connectivity index (χ3n) is 2.32. The first-order chi connectivity index (χ1) is 9.99. The Morgan fingerprint density at radius 3 is 2.67 bits per heavy atom. The van der Waals surface area contributed by atoms with Gasteiger partial charge in [0, 0.05) is 5.56 Å². The summed E-state index contributed by atoms with van der Waals surface area (Å²) >= 11 is 4.76. The van der Waals surface area contributed by atoms with Gasteiger partial charge in [0.2, 0.25) is 10.6 Å². The minimum Gasteiger partial charge on any atom is -0.434 e. The number of hydrogen-bond donors (Lipinski definition) is 1. The Labute approximate surface area is 120 Å². The molecule has 0 aliphatic heterocycles. The molecule has 1 aromatic heterocycles. The molecule has 0 amide bonds. The fraction of sp³-hybridized carbons (Fsp3) is 0.182. The van der Waals surface area contributed by atoms with Crippen molar-refractivity contribution in [1.82, 2.24) is 14.9 Å². The molecule has 0 saturated carbocycles. The van der Waals surface area contributed by atoms with Crippen LogP contribution in [0.15, 0.2) is 29.4 Å². The summed E-state index contributed by atoms with van der Waals surface area (Å²) in [5.74, 6) is -0.812. The molecule has 112 valence electrons. The van der Waals surface area contributed by atoms with Gasteiger partial charge in [-0.05, 0) is 24.4 Å². The smallest absolute Gasteiger partial charge is 0.387 e. The van der Waals surface area contributed by atoms with Crippen molar-refractivity contribution in [3.63, 3.8) is 0 Å². The number of alkyl halides is 4. The highest BCUT2D eigenvalue weighted by Gasteiger charge is 2.16. The van der Waals surface area contributed by atoms with E-state index < -0.39 is 18.9 Å². The van der Waals surface area contributed by atoms with Crippen molar-refractivity contribution in [3.05, 3.63) is 40.4 Å². The number of rotatable bonds is 5. The molecule has 1 aromatic carbocycles. The van der Waals surface area contributed by atoms with Crippen molar-refractivity contribution in [2.75, 3.05) is 0 Å². The summed E-state index contributed by atoms with van der Waals surface area (Å²) in [5, 5.41) is 9.22. The van der Waals surface area contributed by atoms with Crippen LogP contribution in [0.2, 0.25) is 0 Å². The first kappa shape index (κ1) is 15.2. The van der Waals surface area contributed by atoms with Crippen LogP contribution in [-0.2, 0) is 0 Å². The van der Waals surface area contributed by atoms with E-state index in [1.165, 1.54) is 18.2 Å². The lowest BCUT2D eigenvalue weighted by molar-refractivity contribution is -0.0499. The summed E-state index contributed by atoms with van der Waals surface area (Å²) in [4.78, 5) is 0. The van der Waals surface area contributed by atoms with Gasteiger partial charge in [-0.3, -0.25) is 0 Å². The van der Waals surface area contributed by atoms with Crippen LogP contribution in [-0.4, -0.2) is 27.7 Å². The van der Waals surface area contributed by atoms with Crippen molar-refractivity contribution in [3.8, 4) is 5.75 Å². The van der Waals surface area contributed by atoms with Crippen LogP contribution in [0.1, 0.15) is 17.8 Å². The number of H-pyrrole nitrogens is 1. The van der Waals surface area contributed by atoms with Crippen LogP contribution >= 0.6 is 12.2 Å². The standard InChI is InChI=1S/C11H8F4N4OS/c12-8(13)9-17-18-11(21)19(9)16-5-6-3-1-2-4-7(6)20-10(14)15/h1-5,8,10H,(H,18,21)/b16-5+. The second kappa shape index (κ2) is 6.48. The first-order valence-corrected chi connectivity index (χ1v) is 5.93. The Hall–Kier alpha value is -2.23. The fourth-order valence-electron chi connectivity index (χ4n) is 1.47. The largest absolute Gasteiger partial charge is 0.434 e. The highest BCUT2D eigenvalue weighted by molar-refractivity contribution is 7.71. The molecule has 1 heterocycles. The van der Waals surface area contributed by atoms with Crippen molar-refractivity contribution in [1.29, 1.82) is 0 Å². The Morgan fingerprint density at radius 2 is 2.00 bits per heavy atom. The van der Waals surface area contributed by atoms with Gasteiger partial charge in [-0.1, -0.05) is 12.1 Å². The van der Waals surface area contributed by atoms with Crippen LogP contribution in [0.25, 0.3) is 0 Å². The molecule has 0 bridgehead atoms. The lowest BCUT2D eigenvalue weighted by Gasteiger charge is -2.07. The van der Waals surface area contributed by atoms with E-state index in [0.29, 0.717) is 4.68 Å². The van der Waals surface area contributed by atoms with E-state index in [9.17, 15) is 17.6 Å². The average molecular weight is 320 g/mol. The Balaban J connectivity index is 2.34. The first-order valence-electron chi connectivity index (χ1n) is 5.52. The van der Waals surface area contributed by atoms with Crippen molar-refractivity contribution in [2.45, 2.75) is 13.0 Å². The highest BCUT2D eigenvalue weighted by Crippen LogP contribution is 2.19. The number of aromatic amines is 1. The number of para-hydroxylation sites is 1. The molecule has 2 aromatic rings. The zero-order chi connectivity index (χ0) is 15.4. The van der Waals surface area contributed by atoms with Gasteiger partial charge in [-0.15, -0.1) is 0 Å². The number of benzene rings is 1. The SMILES string of the molecule is FC(F)Oc1ccccc1/C=N/n1c(C(F)F)n[nH]c1=S. The van der Waals surface area contributed by atoms with Crippen LogP contribution in [0, 0.1) is 4.77 Å². The second-order valence-electron chi connectivity index (χ2n) is 3.66. The molecule has 0 aliphatic carbocycles. The van der Waals surface area contributed by atoms with E-state index >= 15 is 0 Å². The number of nitrogens with zero attached hydrogens (tertiary/aromatic N) is 3. The molecule has 21 heavy (non-hydrogen) atoms. The van der Waals surface area contributed by atoms with Gasteiger partial charge in [0.25, 0.3) is 6.43 Å². The van der Waals surface area contributed by atoms with Gasteiger partial charge in [-0.25, -0.2) is 13.9 Å². The molecule has 0 radical (unpaired) electrons. The summed E-state index contributed by atoms with van der Waals surface area (Å²) in [6.07, 6.45) is -1.81. The monoisotopic (exact) mass is 320 g/mol. The van der Waals surface area contributed by atoms with E-state index in [4.69, 9.17) is 12.2 Å². The Bertz CT molecular complexity index is 698. The number of hydrogen-bond acceptors (Lipinski definition) is 4. The molecule has 1 N–H and O–H groups in total. The number of aromatic nitrogens is 3. The van der Waals surface area contributed by atoms with Crippen LogP contribution in [0.5, 0.6) is 5.75 Å². The topological polar surface area (TPSA) is 55.2 Å². The summed E-state index contributed by atoms with van der Waals surface area (Å²) in [5.41, 5.74) is 0.182. The predicted molar refractivity (Wildman–Crippen MR) is 68.4 cm³/mol. The highest BCUT2D eigenvalue weighted by atomic mass is 32.1. The molecular formula is C11H8F4N4OS.